The zero-order chi connectivity index (χ0) is 13.4. The summed E-state index contributed by atoms with van der Waals surface area (Å²) in [5, 5.41) is 18.3. The number of aliphatic hydroxyl groups excluding tert-OH is 1. The molecule has 0 amide bonds. The van der Waals surface area contributed by atoms with Gasteiger partial charge in [0.15, 0.2) is 0 Å². The quantitative estimate of drug-likeness (QED) is 0.452. The Morgan fingerprint density at radius 3 is 2.83 bits per heavy atom. The molecule has 0 atom stereocenters. The summed E-state index contributed by atoms with van der Waals surface area (Å²) in [6.07, 6.45) is 2.20. The molecule has 0 saturated carbocycles. The molecule has 18 heavy (non-hydrogen) atoms. The van der Waals surface area contributed by atoms with Crippen LogP contribution in [-0.2, 0) is 4.74 Å². The second kappa shape index (κ2) is 8.00. The highest BCUT2D eigenvalue weighted by Crippen LogP contribution is 2.30. The molecule has 0 unspecified atom stereocenters. The zero-order valence-electron chi connectivity index (χ0n) is 10.4. The molecular formula is C13H18O4S. The minimum Gasteiger partial charge on any atom is -0.507 e. The van der Waals surface area contributed by atoms with E-state index in [-0.39, 0.29) is 19.0 Å². The van der Waals surface area contributed by atoms with Gasteiger partial charge in [-0.05, 0) is 30.4 Å². The maximum absolute atomic E-state index is 11.5. The van der Waals surface area contributed by atoms with E-state index in [1.54, 1.807) is 23.9 Å². The number of phenols is 1. The van der Waals surface area contributed by atoms with Gasteiger partial charge in [-0.15, -0.1) is 11.8 Å². The second-order valence-electron chi connectivity index (χ2n) is 3.74. The minimum atomic E-state index is -0.538. The van der Waals surface area contributed by atoms with Gasteiger partial charge in [0.2, 0.25) is 0 Å². The van der Waals surface area contributed by atoms with E-state index in [1.807, 2.05) is 0 Å². The lowest BCUT2D eigenvalue weighted by Gasteiger charge is -2.07. The number of rotatable bonds is 7. The van der Waals surface area contributed by atoms with E-state index >= 15 is 0 Å². The van der Waals surface area contributed by atoms with Crippen molar-refractivity contribution in [2.24, 2.45) is 0 Å². The standard InChI is InChI=1S/C13H18O4S/c1-2-3-8-18-12-5-4-10(9-11(12)15)13(16)17-7-6-14/h4-5,9,14-15H,2-3,6-8H2,1H3. The maximum Gasteiger partial charge on any atom is 0.338 e. The molecule has 1 aromatic rings. The Morgan fingerprint density at radius 1 is 1.44 bits per heavy atom. The molecule has 1 rings (SSSR count). The molecule has 0 bridgehead atoms. The SMILES string of the molecule is CCCCSc1ccc(C(=O)OCCO)cc1O. The van der Waals surface area contributed by atoms with Crippen LogP contribution in [0, 0.1) is 0 Å². The van der Waals surface area contributed by atoms with Crippen molar-refractivity contribution in [3.8, 4) is 5.75 Å². The van der Waals surface area contributed by atoms with Crippen LogP contribution in [0.5, 0.6) is 5.75 Å². The molecule has 0 radical (unpaired) electrons. The third-order valence-corrected chi connectivity index (χ3v) is 3.42. The molecule has 0 spiro atoms. The number of phenolic OH excluding ortho intramolecular Hbond substituents is 1. The Hall–Kier alpha value is -1.20. The van der Waals surface area contributed by atoms with E-state index in [2.05, 4.69) is 6.92 Å². The summed E-state index contributed by atoms with van der Waals surface area (Å²) in [6.45, 7) is 1.87. The highest BCUT2D eigenvalue weighted by molar-refractivity contribution is 7.99. The normalized spacial score (nSPS) is 10.3. The van der Waals surface area contributed by atoms with Crippen LogP contribution in [0.25, 0.3) is 0 Å². The summed E-state index contributed by atoms with van der Waals surface area (Å²) in [5.41, 5.74) is 0.292. The highest BCUT2D eigenvalue weighted by atomic mass is 32.2. The van der Waals surface area contributed by atoms with Crippen LogP contribution in [-0.4, -0.2) is 35.1 Å². The number of aliphatic hydroxyl groups is 1. The number of unbranched alkanes of at least 4 members (excludes halogenated alkanes) is 1. The first-order valence-electron chi connectivity index (χ1n) is 5.92. The summed E-state index contributed by atoms with van der Waals surface area (Å²) < 4.78 is 4.76. The van der Waals surface area contributed by atoms with E-state index in [0.29, 0.717) is 5.56 Å². The van der Waals surface area contributed by atoms with Crippen molar-refractivity contribution in [1.29, 1.82) is 0 Å². The average Bonchev–Trinajstić information content (AvgIpc) is 2.38. The fourth-order valence-electron chi connectivity index (χ4n) is 1.31. The molecule has 0 aliphatic carbocycles. The Balaban J connectivity index is 2.63. The smallest absolute Gasteiger partial charge is 0.338 e. The number of esters is 1. The number of benzene rings is 1. The third-order valence-electron chi connectivity index (χ3n) is 2.27. The summed E-state index contributed by atoms with van der Waals surface area (Å²) in [6, 6.07) is 4.73. The van der Waals surface area contributed by atoms with E-state index in [4.69, 9.17) is 9.84 Å². The molecule has 0 aliphatic rings. The molecule has 0 heterocycles. The van der Waals surface area contributed by atoms with Crippen LogP contribution in [0.3, 0.4) is 0 Å². The lowest BCUT2D eigenvalue weighted by Crippen LogP contribution is -2.08. The van der Waals surface area contributed by atoms with Gasteiger partial charge >= 0.3 is 5.97 Å². The monoisotopic (exact) mass is 270 g/mol. The van der Waals surface area contributed by atoms with Crippen molar-refractivity contribution >= 4 is 17.7 Å². The van der Waals surface area contributed by atoms with Gasteiger partial charge in [0.05, 0.1) is 12.2 Å². The van der Waals surface area contributed by atoms with Gasteiger partial charge in [-0.3, -0.25) is 0 Å². The second-order valence-corrected chi connectivity index (χ2v) is 4.88. The molecule has 5 heteroatoms. The van der Waals surface area contributed by atoms with Crippen molar-refractivity contribution in [3.05, 3.63) is 23.8 Å². The van der Waals surface area contributed by atoms with Gasteiger partial charge in [0, 0.05) is 4.90 Å². The largest absolute Gasteiger partial charge is 0.507 e. The van der Waals surface area contributed by atoms with E-state index in [0.717, 1.165) is 23.5 Å². The number of hydrogen-bond acceptors (Lipinski definition) is 5. The number of carbonyl (C=O) groups excluding carboxylic acids is 1. The van der Waals surface area contributed by atoms with Crippen LogP contribution in [0.15, 0.2) is 23.1 Å². The van der Waals surface area contributed by atoms with E-state index in [9.17, 15) is 9.90 Å². The van der Waals surface area contributed by atoms with Gasteiger partial charge in [-0.25, -0.2) is 4.79 Å². The van der Waals surface area contributed by atoms with Gasteiger partial charge < -0.3 is 14.9 Å². The molecule has 4 nitrogen and oxygen atoms in total. The number of hydrogen-bond donors (Lipinski definition) is 2. The Labute approximate surface area is 111 Å². The summed E-state index contributed by atoms with van der Waals surface area (Å²) in [4.78, 5) is 12.2. The van der Waals surface area contributed by atoms with Gasteiger partial charge in [0.1, 0.15) is 12.4 Å². The first-order chi connectivity index (χ1) is 8.69. The molecule has 0 aromatic heterocycles. The maximum atomic E-state index is 11.5. The Bertz CT molecular complexity index is 393. The summed E-state index contributed by atoms with van der Waals surface area (Å²) in [7, 11) is 0. The average molecular weight is 270 g/mol. The van der Waals surface area contributed by atoms with Crippen molar-refractivity contribution in [3.63, 3.8) is 0 Å². The molecular weight excluding hydrogens is 252 g/mol. The zero-order valence-corrected chi connectivity index (χ0v) is 11.2. The van der Waals surface area contributed by atoms with Crippen LogP contribution in [0.4, 0.5) is 0 Å². The highest BCUT2D eigenvalue weighted by Gasteiger charge is 2.10. The molecule has 0 saturated heterocycles. The molecule has 100 valence electrons. The Kier molecular flexibility index (Phi) is 6.60. The number of thioether (sulfide) groups is 1. The number of carbonyl (C=O) groups is 1. The summed E-state index contributed by atoms with van der Waals surface area (Å²) >= 11 is 1.57. The van der Waals surface area contributed by atoms with Crippen molar-refractivity contribution < 1.29 is 19.7 Å². The van der Waals surface area contributed by atoms with Crippen LogP contribution >= 0.6 is 11.8 Å². The van der Waals surface area contributed by atoms with Gasteiger partial charge in [0.25, 0.3) is 0 Å². The van der Waals surface area contributed by atoms with Gasteiger partial charge in [-0.1, -0.05) is 13.3 Å². The van der Waals surface area contributed by atoms with Crippen LogP contribution < -0.4 is 0 Å². The molecule has 0 aliphatic heterocycles. The van der Waals surface area contributed by atoms with Crippen molar-refractivity contribution in [1.82, 2.24) is 0 Å². The van der Waals surface area contributed by atoms with Gasteiger partial charge in [-0.2, -0.15) is 0 Å². The minimum absolute atomic E-state index is 0.0351. The lowest BCUT2D eigenvalue weighted by atomic mass is 10.2. The van der Waals surface area contributed by atoms with Crippen LogP contribution in [0.2, 0.25) is 0 Å². The first kappa shape index (κ1) is 14.9. The third kappa shape index (κ3) is 4.58. The summed E-state index contributed by atoms with van der Waals surface area (Å²) in [5.74, 6) is 0.497. The topological polar surface area (TPSA) is 66.8 Å². The number of ether oxygens (including phenoxy) is 1. The predicted molar refractivity (Wildman–Crippen MR) is 71.1 cm³/mol. The molecule has 0 fully saturated rings. The fourth-order valence-corrected chi connectivity index (χ4v) is 2.34. The lowest BCUT2D eigenvalue weighted by molar-refractivity contribution is 0.0433. The van der Waals surface area contributed by atoms with E-state index < -0.39 is 5.97 Å². The predicted octanol–water partition coefficient (Wildman–Crippen LogP) is 2.43. The first-order valence-corrected chi connectivity index (χ1v) is 6.91. The van der Waals surface area contributed by atoms with Crippen molar-refractivity contribution in [2.45, 2.75) is 24.7 Å². The number of aromatic hydroxyl groups is 1. The molecule has 1 aromatic carbocycles. The fraction of sp³-hybridized carbons (Fsp3) is 0.462. The van der Waals surface area contributed by atoms with Crippen LogP contribution in [0.1, 0.15) is 30.1 Å². The molecule has 2 N–H and O–H groups in total. The van der Waals surface area contributed by atoms with Crippen molar-refractivity contribution in [2.75, 3.05) is 19.0 Å². The Morgan fingerprint density at radius 2 is 2.22 bits per heavy atom. The van der Waals surface area contributed by atoms with E-state index in [1.165, 1.54) is 6.07 Å².